The molecule has 0 atom stereocenters. The lowest BCUT2D eigenvalue weighted by Gasteiger charge is -2.27. The molecule has 0 radical (unpaired) electrons. The van der Waals surface area contributed by atoms with Crippen molar-refractivity contribution in [2.75, 3.05) is 12.0 Å². The van der Waals surface area contributed by atoms with E-state index < -0.39 is 17.8 Å². The van der Waals surface area contributed by atoms with Gasteiger partial charge < -0.3 is 9.47 Å². The fourth-order valence-electron chi connectivity index (χ4n) is 3.68. The molecule has 1 fully saturated rings. The zero-order chi connectivity index (χ0) is 26.0. The van der Waals surface area contributed by atoms with Gasteiger partial charge in [0.25, 0.3) is 11.8 Å². The van der Waals surface area contributed by atoms with Crippen LogP contribution in [0.3, 0.4) is 0 Å². The molecule has 0 aliphatic carbocycles. The molecule has 0 aromatic heterocycles. The normalized spacial score (nSPS) is 14.8. The highest BCUT2D eigenvalue weighted by molar-refractivity contribution is 14.1. The number of rotatable bonds is 6. The number of benzene rings is 3. The van der Waals surface area contributed by atoms with Gasteiger partial charge >= 0.3 is 6.03 Å². The minimum Gasteiger partial charge on any atom is -0.493 e. The molecule has 4 amide bonds. The number of amides is 4. The van der Waals surface area contributed by atoms with Crippen molar-refractivity contribution in [1.82, 2.24) is 5.32 Å². The number of anilines is 1. The van der Waals surface area contributed by atoms with Crippen LogP contribution in [0.15, 0.2) is 60.2 Å². The molecule has 3 aromatic rings. The van der Waals surface area contributed by atoms with Crippen molar-refractivity contribution in [3.63, 3.8) is 0 Å². The Hall–Kier alpha value is -3.37. The number of carbonyl (C=O) groups is 3. The Balaban J connectivity index is 1.66. The SMILES string of the molecule is COc1cc(/C=C2\C(=O)NC(=O)N(c3cccc(Cl)c3C)C2=O)cc(I)c1OCc1ccc(C)cc1. The van der Waals surface area contributed by atoms with Gasteiger partial charge in [0.1, 0.15) is 12.2 Å². The Morgan fingerprint density at radius 1 is 1.06 bits per heavy atom. The molecule has 1 aliphatic rings. The highest BCUT2D eigenvalue weighted by atomic mass is 127. The highest BCUT2D eigenvalue weighted by Crippen LogP contribution is 2.36. The molecule has 1 N–H and O–H groups in total. The molecule has 1 saturated heterocycles. The molecule has 9 heteroatoms. The van der Waals surface area contributed by atoms with Gasteiger partial charge in [0.05, 0.1) is 16.4 Å². The number of halogens is 2. The van der Waals surface area contributed by atoms with Gasteiger partial charge in [0, 0.05) is 5.02 Å². The summed E-state index contributed by atoms with van der Waals surface area (Å²) in [4.78, 5) is 39.3. The summed E-state index contributed by atoms with van der Waals surface area (Å²) in [7, 11) is 1.52. The van der Waals surface area contributed by atoms with E-state index in [1.54, 1.807) is 37.3 Å². The highest BCUT2D eigenvalue weighted by Gasteiger charge is 2.37. The molecule has 184 valence electrons. The molecule has 0 saturated carbocycles. The fraction of sp³-hybridized carbons (Fsp3) is 0.148. The van der Waals surface area contributed by atoms with Crippen molar-refractivity contribution in [1.29, 1.82) is 0 Å². The first-order valence-electron chi connectivity index (χ1n) is 10.9. The Labute approximate surface area is 227 Å². The molecule has 7 nitrogen and oxygen atoms in total. The summed E-state index contributed by atoms with van der Waals surface area (Å²) in [5.41, 5.74) is 3.36. The van der Waals surface area contributed by atoms with Crippen LogP contribution in [0.25, 0.3) is 6.08 Å². The topological polar surface area (TPSA) is 84.9 Å². The minimum atomic E-state index is -0.834. The van der Waals surface area contributed by atoms with Crippen molar-refractivity contribution in [3.05, 3.63) is 91.0 Å². The first kappa shape index (κ1) is 25.7. The summed E-state index contributed by atoms with van der Waals surface area (Å²) < 4.78 is 12.3. The largest absolute Gasteiger partial charge is 0.493 e. The summed E-state index contributed by atoms with van der Waals surface area (Å²) in [6.45, 7) is 4.07. The average molecular weight is 617 g/mol. The predicted octanol–water partition coefficient (Wildman–Crippen LogP) is 5.82. The maximum absolute atomic E-state index is 13.3. The number of aryl methyl sites for hydroxylation is 1. The summed E-state index contributed by atoms with van der Waals surface area (Å²) >= 11 is 8.30. The number of methoxy groups -OCH3 is 1. The van der Waals surface area contributed by atoms with Gasteiger partial charge in [-0.25, -0.2) is 9.69 Å². The Kier molecular flexibility index (Phi) is 7.65. The standard InChI is InChI=1S/C27H22ClIN2O5/c1-15-7-9-17(10-8-15)14-36-24-21(29)12-18(13-23(24)35-3)11-19-25(32)30-27(34)31(26(19)33)22-6-4-5-20(28)16(22)2/h4-13H,14H2,1-3H3,(H,30,32,34)/b19-11+. The van der Waals surface area contributed by atoms with Crippen molar-refractivity contribution in [2.24, 2.45) is 0 Å². The van der Waals surface area contributed by atoms with E-state index in [4.69, 9.17) is 21.1 Å². The van der Waals surface area contributed by atoms with Crippen LogP contribution in [0.1, 0.15) is 22.3 Å². The number of imide groups is 2. The molecule has 0 unspecified atom stereocenters. The van der Waals surface area contributed by atoms with Crippen molar-refractivity contribution >= 4 is 63.8 Å². The van der Waals surface area contributed by atoms with Crippen molar-refractivity contribution in [3.8, 4) is 11.5 Å². The molecule has 1 heterocycles. The number of carbonyl (C=O) groups excluding carboxylic acids is 3. The molecule has 1 aliphatic heterocycles. The van der Waals surface area contributed by atoms with E-state index >= 15 is 0 Å². The van der Waals surface area contributed by atoms with Crippen LogP contribution in [0.2, 0.25) is 5.02 Å². The van der Waals surface area contributed by atoms with E-state index in [0.29, 0.717) is 39.9 Å². The van der Waals surface area contributed by atoms with E-state index in [1.165, 1.54) is 13.2 Å². The fourth-order valence-corrected chi connectivity index (χ4v) is 4.63. The Bertz CT molecular complexity index is 1400. The third-order valence-electron chi connectivity index (χ3n) is 5.65. The van der Waals surface area contributed by atoms with E-state index in [9.17, 15) is 14.4 Å². The minimum absolute atomic E-state index is 0.194. The zero-order valence-corrected chi connectivity index (χ0v) is 22.6. The number of hydrogen-bond acceptors (Lipinski definition) is 5. The monoisotopic (exact) mass is 616 g/mol. The second-order valence-electron chi connectivity index (χ2n) is 8.15. The predicted molar refractivity (Wildman–Crippen MR) is 146 cm³/mol. The maximum Gasteiger partial charge on any atom is 0.335 e. The molecule has 0 spiro atoms. The number of ether oxygens (including phenoxy) is 2. The number of urea groups is 1. The summed E-state index contributed by atoms with van der Waals surface area (Å²) in [5, 5.41) is 2.63. The molecule has 4 rings (SSSR count). The van der Waals surface area contributed by atoms with Gasteiger partial charge in [-0.3, -0.25) is 14.9 Å². The lowest BCUT2D eigenvalue weighted by atomic mass is 10.1. The van der Waals surface area contributed by atoms with Gasteiger partial charge in [-0.15, -0.1) is 0 Å². The molecule has 36 heavy (non-hydrogen) atoms. The molecule has 0 bridgehead atoms. The van der Waals surface area contributed by atoms with E-state index in [1.807, 2.05) is 31.2 Å². The van der Waals surface area contributed by atoms with Gasteiger partial charge in [0.15, 0.2) is 11.5 Å². The third kappa shape index (κ3) is 5.24. The third-order valence-corrected chi connectivity index (χ3v) is 6.86. The molecule has 3 aromatic carbocycles. The summed E-state index contributed by atoms with van der Waals surface area (Å²) in [6.07, 6.45) is 1.42. The second-order valence-corrected chi connectivity index (χ2v) is 9.72. The van der Waals surface area contributed by atoms with Crippen LogP contribution in [-0.4, -0.2) is 25.0 Å². The smallest absolute Gasteiger partial charge is 0.335 e. The lowest BCUT2D eigenvalue weighted by Crippen LogP contribution is -2.54. The number of nitrogens with one attached hydrogen (secondary N) is 1. The van der Waals surface area contributed by atoms with E-state index in [-0.39, 0.29) is 5.57 Å². The molecular weight excluding hydrogens is 595 g/mol. The van der Waals surface area contributed by atoms with Crippen molar-refractivity contribution < 1.29 is 23.9 Å². The molecular formula is C27H22ClIN2O5. The van der Waals surface area contributed by atoms with Gasteiger partial charge in [0.2, 0.25) is 0 Å². The lowest BCUT2D eigenvalue weighted by molar-refractivity contribution is -0.122. The van der Waals surface area contributed by atoms with Crippen LogP contribution >= 0.6 is 34.2 Å². The average Bonchev–Trinajstić information content (AvgIpc) is 2.84. The summed E-state index contributed by atoms with van der Waals surface area (Å²) in [6, 6.07) is 15.5. The maximum atomic E-state index is 13.3. The zero-order valence-electron chi connectivity index (χ0n) is 19.7. The van der Waals surface area contributed by atoms with Crippen LogP contribution in [0, 0.1) is 17.4 Å². The number of barbiturate groups is 1. The van der Waals surface area contributed by atoms with Gasteiger partial charge in [-0.1, -0.05) is 47.5 Å². The van der Waals surface area contributed by atoms with E-state index in [2.05, 4.69) is 27.9 Å². The summed E-state index contributed by atoms with van der Waals surface area (Å²) in [5.74, 6) is -0.535. The Morgan fingerprint density at radius 2 is 1.78 bits per heavy atom. The van der Waals surface area contributed by atoms with Crippen LogP contribution < -0.4 is 19.7 Å². The second kappa shape index (κ2) is 10.7. The van der Waals surface area contributed by atoms with Crippen LogP contribution in [0.5, 0.6) is 11.5 Å². The van der Waals surface area contributed by atoms with Crippen LogP contribution in [0.4, 0.5) is 10.5 Å². The number of hydrogen-bond donors (Lipinski definition) is 1. The van der Waals surface area contributed by atoms with Gasteiger partial charge in [-0.2, -0.15) is 0 Å². The quantitative estimate of drug-likeness (QED) is 0.215. The first-order valence-corrected chi connectivity index (χ1v) is 12.4. The van der Waals surface area contributed by atoms with Crippen molar-refractivity contribution in [2.45, 2.75) is 20.5 Å². The first-order chi connectivity index (χ1) is 17.2. The Morgan fingerprint density at radius 3 is 2.47 bits per heavy atom. The van der Waals surface area contributed by atoms with E-state index in [0.717, 1.165) is 19.6 Å². The number of nitrogens with zero attached hydrogens (tertiary/aromatic N) is 1. The van der Waals surface area contributed by atoms with Gasteiger partial charge in [-0.05, 0) is 83.5 Å². The van der Waals surface area contributed by atoms with Crippen LogP contribution in [-0.2, 0) is 16.2 Å².